The minimum absolute atomic E-state index is 0.540. The SMILES string of the molecule is CC1(C)CCC(c2ccccc2-c2ccccc2)CC1. The van der Waals surface area contributed by atoms with Crippen LogP contribution in [0, 0.1) is 5.41 Å². The van der Waals surface area contributed by atoms with E-state index in [1.54, 1.807) is 5.56 Å². The van der Waals surface area contributed by atoms with Crippen LogP contribution in [0.4, 0.5) is 0 Å². The van der Waals surface area contributed by atoms with E-state index in [4.69, 9.17) is 0 Å². The van der Waals surface area contributed by atoms with Crippen LogP contribution in [-0.4, -0.2) is 0 Å². The Hall–Kier alpha value is -1.56. The molecule has 1 aliphatic carbocycles. The predicted molar refractivity (Wildman–Crippen MR) is 86.9 cm³/mol. The molecule has 2 aromatic rings. The summed E-state index contributed by atoms with van der Waals surface area (Å²) in [6.45, 7) is 4.82. The molecule has 0 N–H and O–H groups in total. The molecule has 0 spiro atoms. The molecule has 1 saturated carbocycles. The molecular weight excluding hydrogens is 240 g/mol. The van der Waals surface area contributed by atoms with Gasteiger partial charge in [0, 0.05) is 0 Å². The van der Waals surface area contributed by atoms with Crippen LogP contribution in [0.2, 0.25) is 0 Å². The Morgan fingerprint density at radius 1 is 0.800 bits per heavy atom. The summed E-state index contributed by atoms with van der Waals surface area (Å²) in [7, 11) is 0. The summed E-state index contributed by atoms with van der Waals surface area (Å²) in [6, 6.07) is 19.8. The first-order valence-electron chi connectivity index (χ1n) is 7.80. The summed E-state index contributed by atoms with van der Waals surface area (Å²) in [5, 5.41) is 0. The van der Waals surface area contributed by atoms with Crippen LogP contribution in [0.1, 0.15) is 51.0 Å². The van der Waals surface area contributed by atoms with Crippen LogP contribution in [0.15, 0.2) is 54.6 Å². The molecule has 0 radical (unpaired) electrons. The molecule has 1 fully saturated rings. The quantitative estimate of drug-likeness (QED) is 0.620. The van der Waals surface area contributed by atoms with Crippen molar-refractivity contribution in [3.63, 3.8) is 0 Å². The average molecular weight is 264 g/mol. The van der Waals surface area contributed by atoms with Crippen molar-refractivity contribution in [3.05, 3.63) is 60.2 Å². The monoisotopic (exact) mass is 264 g/mol. The van der Waals surface area contributed by atoms with Crippen molar-refractivity contribution in [1.29, 1.82) is 0 Å². The highest BCUT2D eigenvalue weighted by Gasteiger charge is 2.28. The third kappa shape index (κ3) is 2.80. The van der Waals surface area contributed by atoms with E-state index in [0.29, 0.717) is 5.41 Å². The molecule has 0 saturated heterocycles. The standard InChI is InChI=1S/C20H24/c1-20(2)14-12-17(13-15-20)19-11-7-6-10-18(19)16-8-4-3-5-9-16/h3-11,17H,12-15H2,1-2H3. The molecule has 0 amide bonds. The molecule has 0 heterocycles. The summed E-state index contributed by atoms with van der Waals surface area (Å²) in [4.78, 5) is 0. The summed E-state index contributed by atoms with van der Waals surface area (Å²) in [6.07, 6.45) is 5.36. The van der Waals surface area contributed by atoms with Gasteiger partial charge in [-0.25, -0.2) is 0 Å². The minimum Gasteiger partial charge on any atom is -0.0622 e. The van der Waals surface area contributed by atoms with Gasteiger partial charge in [-0.1, -0.05) is 68.4 Å². The fourth-order valence-electron chi connectivity index (χ4n) is 3.44. The van der Waals surface area contributed by atoms with E-state index < -0.39 is 0 Å². The molecule has 0 aromatic heterocycles. The molecule has 0 heteroatoms. The highest BCUT2D eigenvalue weighted by molar-refractivity contribution is 5.68. The second-order valence-electron chi connectivity index (χ2n) is 6.89. The molecule has 1 aliphatic rings. The van der Waals surface area contributed by atoms with E-state index in [0.717, 1.165) is 5.92 Å². The molecule has 0 aliphatic heterocycles. The summed E-state index contributed by atoms with van der Waals surface area (Å²) in [5.74, 6) is 0.736. The maximum absolute atomic E-state index is 2.41. The van der Waals surface area contributed by atoms with Gasteiger partial charge in [0.25, 0.3) is 0 Å². The maximum atomic E-state index is 2.41. The Kier molecular flexibility index (Phi) is 3.65. The van der Waals surface area contributed by atoms with Crippen LogP contribution in [0.25, 0.3) is 11.1 Å². The zero-order valence-corrected chi connectivity index (χ0v) is 12.6. The Morgan fingerprint density at radius 2 is 1.40 bits per heavy atom. The van der Waals surface area contributed by atoms with Gasteiger partial charge in [-0.3, -0.25) is 0 Å². The third-order valence-corrected chi connectivity index (χ3v) is 4.82. The molecule has 104 valence electrons. The topological polar surface area (TPSA) is 0 Å². The number of hydrogen-bond donors (Lipinski definition) is 0. The van der Waals surface area contributed by atoms with Crippen molar-refractivity contribution < 1.29 is 0 Å². The van der Waals surface area contributed by atoms with E-state index in [1.165, 1.54) is 36.8 Å². The molecule has 0 nitrogen and oxygen atoms in total. The molecule has 2 aromatic carbocycles. The van der Waals surface area contributed by atoms with Gasteiger partial charge in [0.1, 0.15) is 0 Å². The van der Waals surface area contributed by atoms with Gasteiger partial charge in [-0.05, 0) is 53.7 Å². The lowest BCUT2D eigenvalue weighted by Crippen LogP contribution is -2.20. The fraction of sp³-hybridized carbons (Fsp3) is 0.400. The first-order valence-corrected chi connectivity index (χ1v) is 7.80. The Labute approximate surface area is 122 Å². The van der Waals surface area contributed by atoms with Crippen molar-refractivity contribution in [1.82, 2.24) is 0 Å². The number of rotatable bonds is 2. The number of hydrogen-bond acceptors (Lipinski definition) is 0. The second-order valence-corrected chi connectivity index (χ2v) is 6.89. The maximum Gasteiger partial charge on any atom is -0.0149 e. The Balaban J connectivity index is 1.91. The van der Waals surface area contributed by atoms with Gasteiger partial charge in [0.05, 0.1) is 0 Å². The van der Waals surface area contributed by atoms with Crippen molar-refractivity contribution in [2.75, 3.05) is 0 Å². The third-order valence-electron chi connectivity index (χ3n) is 4.82. The van der Waals surface area contributed by atoms with Gasteiger partial charge in [0.15, 0.2) is 0 Å². The van der Waals surface area contributed by atoms with Crippen molar-refractivity contribution in [2.24, 2.45) is 5.41 Å². The smallest absolute Gasteiger partial charge is 0.0149 e. The van der Waals surface area contributed by atoms with E-state index in [1.807, 2.05) is 0 Å². The normalized spacial score (nSPS) is 18.9. The Morgan fingerprint density at radius 3 is 2.10 bits per heavy atom. The molecule has 3 rings (SSSR count). The average Bonchev–Trinajstić information content (AvgIpc) is 2.48. The first-order chi connectivity index (χ1) is 9.66. The highest BCUT2D eigenvalue weighted by Crippen LogP contribution is 2.44. The van der Waals surface area contributed by atoms with Crippen LogP contribution in [0.5, 0.6) is 0 Å². The second kappa shape index (κ2) is 5.44. The fourth-order valence-corrected chi connectivity index (χ4v) is 3.44. The molecule has 0 bridgehead atoms. The summed E-state index contributed by atoms with van der Waals surface area (Å²) < 4.78 is 0. The lowest BCUT2D eigenvalue weighted by molar-refractivity contribution is 0.224. The largest absolute Gasteiger partial charge is 0.0622 e. The zero-order chi connectivity index (χ0) is 14.0. The highest BCUT2D eigenvalue weighted by atomic mass is 14.3. The van der Waals surface area contributed by atoms with Gasteiger partial charge in [-0.15, -0.1) is 0 Å². The number of benzene rings is 2. The van der Waals surface area contributed by atoms with Gasteiger partial charge >= 0.3 is 0 Å². The van der Waals surface area contributed by atoms with Crippen LogP contribution >= 0.6 is 0 Å². The van der Waals surface area contributed by atoms with Crippen LogP contribution < -0.4 is 0 Å². The van der Waals surface area contributed by atoms with Gasteiger partial charge in [-0.2, -0.15) is 0 Å². The van der Waals surface area contributed by atoms with Gasteiger partial charge < -0.3 is 0 Å². The van der Waals surface area contributed by atoms with E-state index >= 15 is 0 Å². The van der Waals surface area contributed by atoms with Crippen LogP contribution in [0.3, 0.4) is 0 Å². The lowest BCUT2D eigenvalue weighted by Gasteiger charge is -2.35. The lowest BCUT2D eigenvalue weighted by atomic mass is 9.70. The van der Waals surface area contributed by atoms with Crippen molar-refractivity contribution >= 4 is 0 Å². The first kappa shape index (κ1) is 13.4. The minimum atomic E-state index is 0.540. The van der Waals surface area contributed by atoms with E-state index in [9.17, 15) is 0 Å². The molecule has 0 atom stereocenters. The van der Waals surface area contributed by atoms with Crippen LogP contribution in [-0.2, 0) is 0 Å². The predicted octanol–water partition coefficient (Wildman–Crippen LogP) is 6.04. The Bertz CT molecular complexity index is 556. The summed E-state index contributed by atoms with van der Waals surface area (Å²) in [5.41, 5.74) is 4.87. The molecule has 20 heavy (non-hydrogen) atoms. The van der Waals surface area contributed by atoms with Gasteiger partial charge in [0.2, 0.25) is 0 Å². The van der Waals surface area contributed by atoms with E-state index in [-0.39, 0.29) is 0 Å². The zero-order valence-electron chi connectivity index (χ0n) is 12.6. The van der Waals surface area contributed by atoms with Crippen molar-refractivity contribution in [2.45, 2.75) is 45.4 Å². The van der Waals surface area contributed by atoms with Crippen molar-refractivity contribution in [3.8, 4) is 11.1 Å². The summed E-state index contributed by atoms with van der Waals surface area (Å²) >= 11 is 0. The molecule has 0 unspecified atom stereocenters. The van der Waals surface area contributed by atoms with E-state index in [2.05, 4.69) is 68.4 Å². The molecular formula is C20H24.